The third-order valence-corrected chi connectivity index (χ3v) is 5.99. The van der Waals surface area contributed by atoms with Gasteiger partial charge in [-0.25, -0.2) is 9.78 Å². The third kappa shape index (κ3) is 5.85. The maximum atomic E-state index is 11.3. The molecule has 9 heteroatoms. The summed E-state index contributed by atoms with van der Waals surface area (Å²) < 4.78 is 0. The standard InChI is InChI=1S/C25H30N6O3/c1-2-3-13-26-25-27-15-20(23(29-25)28-18-7-9-19(32)10-8-18)22-12-11-21(30-31-22)16-5-4-6-17(14-16)24(33)34/h4-6,11-12,14-15,18-19,32H,2-3,7-10,13H2,1H3,(H,33,34)(H2,26,27,28,29). The highest BCUT2D eigenvalue weighted by atomic mass is 16.4. The molecule has 0 bridgehead atoms. The number of aromatic carboxylic acids is 1. The van der Waals surface area contributed by atoms with Crippen molar-refractivity contribution in [1.82, 2.24) is 20.2 Å². The van der Waals surface area contributed by atoms with Gasteiger partial charge < -0.3 is 20.8 Å². The fraction of sp³-hybridized carbons (Fsp3) is 0.400. The van der Waals surface area contributed by atoms with Crippen molar-refractivity contribution in [2.45, 2.75) is 57.6 Å². The molecule has 9 nitrogen and oxygen atoms in total. The van der Waals surface area contributed by atoms with E-state index in [9.17, 15) is 15.0 Å². The van der Waals surface area contributed by atoms with Gasteiger partial charge in [0.05, 0.1) is 28.6 Å². The Morgan fingerprint density at radius 2 is 1.85 bits per heavy atom. The molecule has 0 amide bonds. The van der Waals surface area contributed by atoms with E-state index in [1.807, 2.05) is 12.1 Å². The number of carbonyl (C=O) groups is 1. The molecular weight excluding hydrogens is 432 g/mol. The predicted molar refractivity (Wildman–Crippen MR) is 131 cm³/mol. The molecule has 4 rings (SSSR count). The summed E-state index contributed by atoms with van der Waals surface area (Å²) in [6.45, 7) is 2.94. The van der Waals surface area contributed by atoms with Crippen LogP contribution in [0.5, 0.6) is 0 Å². The quantitative estimate of drug-likeness (QED) is 0.345. The van der Waals surface area contributed by atoms with Crippen LogP contribution < -0.4 is 10.6 Å². The van der Waals surface area contributed by atoms with Crippen LogP contribution in [-0.4, -0.2) is 55.0 Å². The zero-order valence-electron chi connectivity index (χ0n) is 19.2. The molecule has 0 radical (unpaired) electrons. The van der Waals surface area contributed by atoms with Crippen molar-refractivity contribution in [1.29, 1.82) is 0 Å². The van der Waals surface area contributed by atoms with Crippen molar-refractivity contribution in [2.24, 2.45) is 0 Å². The second-order valence-corrected chi connectivity index (χ2v) is 8.58. The van der Waals surface area contributed by atoms with Crippen LogP contribution >= 0.6 is 0 Å². The Hall–Kier alpha value is -3.59. The summed E-state index contributed by atoms with van der Waals surface area (Å²) in [6.07, 6.45) is 6.90. The molecule has 0 saturated heterocycles. The minimum atomic E-state index is -0.984. The summed E-state index contributed by atoms with van der Waals surface area (Å²) in [5.41, 5.74) is 2.83. The molecule has 2 heterocycles. The van der Waals surface area contributed by atoms with Crippen molar-refractivity contribution in [3.05, 3.63) is 48.2 Å². The summed E-state index contributed by atoms with van der Waals surface area (Å²) in [7, 11) is 0. The van der Waals surface area contributed by atoms with E-state index >= 15 is 0 Å². The summed E-state index contributed by atoms with van der Waals surface area (Å²) in [5.74, 6) is 0.262. The molecular formula is C25H30N6O3. The van der Waals surface area contributed by atoms with E-state index in [0.717, 1.165) is 50.6 Å². The van der Waals surface area contributed by atoms with Crippen molar-refractivity contribution in [2.75, 3.05) is 17.2 Å². The lowest BCUT2D eigenvalue weighted by molar-refractivity contribution is 0.0697. The SMILES string of the molecule is CCCCNc1ncc(-c2ccc(-c3cccc(C(=O)O)c3)nn2)c(NC2CCC(O)CC2)n1. The Kier molecular flexibility index (Phi) is 7.64. The smallest absolute Gasteiger partial charge is 0.335 e. The number of benzene rings is 1. The molecule has 3 aromatic rings. The number of aliphatic hydroxyl groups is 1. The Bertz CT molecular complexity index is 1110. The first-order chi connectivity index (χ1) is 16.5. The lowest BCUT2D eigenvalue weighted by atomic mass is 9.93. The lowest BCUT2D eigenvalue weighted by Gasteiger charge is -2.27. The fourth-order valence-corrected chi connectivity index (χ4v) is 4.00. The molecule has 1 aliphatic rings. The molecule has 0 unspecified atom stereocenters. The molecule has 0 atom stereocenters. The number of unbranched alkanes of at least 4 members (excludes halogenated alkanes) is 1. The molecule has 1 fully saturated rings. The van der Waals surface area contributed by atoms with Gasteiger partial charge in [-0.05, 0) is 56.4 Å². The minimum absolute atomic E-state index is 0.201. The van der Waals surface area contributed by atoms with Gasteiger partial charge in [0.1, 0.15) is 5.82 Å². The number of rotatable bonds is 9. The number of nitrogens with one attached hydrogen (secondary N) is 2. The van der Waals surface area contributed by atoms with Crippen LogP contribution in [0.1, 0.15) is 55.8 Å². The van der Waals surface area contributed by atoms with Gasteiger partial charge in [0, 0.05) is 24.3 Å². The summed E-state index contributed by atoms with van der Waals surface area (Å²) in [6, 6.07) is 10.5. The maximum Gasteiger partial charge on any atom is 0.335 e. The first-order valence-corrected chi connectivity index (χ1v) is 11.8. The van der Waals surface area contributed by atoms with Crippen LogP contribution in [0.2, 0.25) is 0 Å². The van der Waals surface area contributed by atoms with Gasteiger partial charge in [-0.1, -0.05) is 25.5 Å². The van der Waals surface area contributed by atoms with E-state index in [4.69, 9.17) is 4.98 Å². The topological polar surface area (TPSA) is 133 Å². The average Bonchev–Trinajstić information content (AvgIpc) is 2.86. The van der Waals surface area contributed by atoms with E-state index in [1.165, 1.54) is 0 Å². The zero-order valence-corrected chi connectivity index (χ0v) is 19.2. The van der Waals surface area contributed by atoms with Gasteiger partial charge in [0.2, 0.25) is 5.95 Å². The van der Waals surface area contributed by atoms with Crippen LogP contribution in [0.25, 0.3) is 22.5 Å². The number of carboxylic acid groups (broad SMARTS) is 1. The summed E-state index contributed by atoms with van der Waals surface area (Å²) in [5, 5.41) is 34.6. The molecule has 0 spiro atoms. The summed E-state index contributed by atoms with van der Waals surface area (Å²) >= 11 is 0. The molecule has 0 aliphatic heterocycles. The van der Waals surface area contributed by atoms with Gasteiger partial charge >= 0.3 is 5.97 Å². The number of carboxylic acids is 1. The predicted octanol–water partition coefficient (Wildman–Crippen LogP) is 4.23. The third-order valence-electron chi connectivity index (χ3n) is 5.99. The molecule has 178 valence electrons. The Morgan fingerprint density at radius 3 is 2.56 bits per heavy atom. The highest BCUT2D eigenvalue weighted by Crippen LogP contribution is 2.29. The highest BCUT2D eigenvalue weighted by molar-refractivity contribution is 5.89. The molecule has 34 heavy (non-hydrogen) atoms. The Balaban J connectivity index is 1.60. The summed E-state index contributed by atoms with van der Waals surface area (Å²) in [4.78, 5) is 20.5. The van der Waals surface area contributed by atoms with E-state index < -0.39 is 5.97 Å². The van der Waals surface area contributed by atoms with Crippen molar-refractivity contribution >= 4 is 17.7 Å². The van der Waals surface area contributed by atoms with Crippen molar-refractivity contribution in [3.8, 4) is 22.5 Å². The van der Waals surface area contributed by atoms with Gasteiger partial charge in [-0.3, -0.25) is 0 Å². The normalized spacial score (nSPS) is 17.8. The molecule has 1 aliphatic carbocycles. The molecule has 1 aromatic carbocycles. The van der Waals surface area contributed by atoms with Crippen molar-refractivity contribution < 1.29 is 15.0 Å². The highest BCUT2D eigenvalue weighted by Gasteiger charge is 2.21. The first-order valence-electron chi connectivity index (χ1n) is 11.8. The molecule has 4 N–H and O–H groups in total. The number of aromatic nitrogens is 4. The van der Waals surface area contributed by atoms with Gasteiger partial charge in [0.25, 0.3) is 0 Å². The van der Waals surface area contributed by atoms with Gasteiger partial charge in [-0.15, -0.1) is 10.2 Å². The lowest BCUT2D eigenvalue weighted by Crippen LogP contribution is -2.29. The van der Waals surface area contributed by atoms with E-state index in [1.54, 1.807) is 30.5 Å². The van der Waals surface area contributed by atoms with Crippen LogP contribution in [0.3, 0.4) is 0 Å². The fourth-order valence-electron chi connectivity index (χ4n) is 4.00. The van der Waals surface area contributed by atoms with Gasteiger partial charge in [0.15, 0.2) is 0 Å². The van der Waals surface area contributed by atoms with Gasteiger partial charge in [-0.2, -0.15) is 4.98 Å². The minimum Gasteiger partial charge on any atom is -0.478 e. The van der Waals surface area contributed by atoms with Crippen LogP contribution in [0.4, 0.5) is 11.8 Å². The Labute approximate surface area is 198 Å². The van der Waals surface area contributed by atoms with Crippen molar-refractivity contribution in [3.63, 3.8) is 0 Å². The average molecular weight is 463 g/mol. The number of hydrogen-bond donors (Lipinski definition) is 4. The zero-order chi connectivity index (χ0) is 23.9. The monoisotopic (exact) mass is 462 g/mol. The van der Waals surface area contributed by atoms with Crippen LogP contribution in [0.15, 0.2) is 42.6 Å². The van der Waals surface area contributed by atoms with Crippen LogP contribution in [-0.2, 0) is 0 Å². The van der Waals surface area contributed by atoms with E-state index in [-0.39, 0.29) is 17.7 Å². The second-order valence-electron chi connectivity index (χ2n) is 8.58. The number of nitrogens with zero attached hydrogens (tertiary/aromatic N) is 4. The first kappa shape index (κ1) is 23.6. The maximum absolute atomic E-state index is 11.3. The number of aliphatic hydroxyl groups excluding tert-OH is 1. The van der Waals surface area contributed by atoms with E-state index in [0.29, 0.717) is 28.7 Å². The molecule has 1 saturated carbocycles. The second kappa shape index (κ2) is 11.0. The van der Waals surface area contributed by atoms with Crippen LogP contribution in [0, 0.1) is 0 Å². The number of hydrogen-bond acceptors (Lipinski definition) is 8. The Morgan fingerprint density at radius 1 is 1.09 bits per heavy atom. The largest absolute Gasteiger partial charge is 0.478 e. The van der Waals surface area contributed by atoms with E-state index in [2.05, 4.69) is 32.7 Å². The number of anilines is 2. The molecule has 2 aromatic heterocycles.